The number of anilines is 2. The molecule has 2 amide bonds. The first-order valence-electron chi connectivity index (χ1n) is 14.0. The number of hydrogen-bond donors (Lipinski definition) is 2. The Labute approximate surface area is 247 Å². The second-order valence-electron chi connectivity index (χ2n) is 10.9. The van der Waals surface area contributed by atoms with Crippen molar-refractivity contribution in [3.8, 4) is 0 Å². The van der Waals surface area contributed by atoms with E-state index in [1.807, 2.05) is 89.8 Å². The molecule has 214 valence electrons. The Morgan fingerprint density at radius 3 is 2.27 bits per heavy atom. The molecule has 9 heteroatoms. The van der Waals surface area contributed by atoms with Crippen molar-refractivity contribution in [3.05, 3.63) is 96.1 Å². The topological polar surface area (TPSA) is 77.2 Å². The molecule has 2 aliphatic heterocycles. The number of morpholine rings is 1. The molecule has 0 radical (unpaired) electrons. The molecule has 3 aromatic carbocycles. The number of rotatable bonds is 9. The van der Waals surface area contributed by atoms with Crippen LogP contribution in [-0.4, -0.2) is 71.7 Å². The minimum atomic E-state index is -1.14. The van der Waals surface area contributed by atoms with Crippen LogP contribution in [0.15, 0.2) is 84.9 Å². The van der Waals surface area contributed by atoms with E-state index in [9.17, 15) is 9.59 Å². The quantitative estimate of drug-likeness (QED) is 0.373. The summed E-state index contributed by atoms with van der Waals surface area (Å²) in [4.78, 5) is 33.4. The molecule has 0 aromatic heterocycles. The van der Waals surface area contributed by atoms with Gasteiger partial charge < -0.3 is 30.1 Å². The molecule has 41 heavy (non-hydrogen) atoms. The minimum absolute atomic E-state index is 0.0100. The fourth-order valence-electron chi connectivity index (χ4n) is 5.20. The molecule has 5 rings (SSSR count). The van der Waals surface area contributed by atoms with E-state index in [4.69, 9.17) is 17.0 Å². The summed E-state index contributed by atoms with van der Waals surface area (Å²) < 4.78 is 5.45. The van der Waals surface area contributed by atoms with Crippen LogP contribution in [0.2, 0.25) is 0 Å². The highest BCUT2D eigenvalue weighted by Crippen LogP contribution is 2.25. The largest absolute Gasteiger partial charge is 0.378 e. The van der Waals surface area contributed by atoms with Crippen LogP contribution in [0.1, 0.15) is 31.0 Å². The van der Waals surface area contributed by atoms with Gasteiger partial charge in [-0.3, -0.25) is 9.59 Å². The molecule has 1 atom stereocenters. The van der Waals surface area contributed by atoms with E-state index >= 15 is 0 Å². The van der Waals surface area contributed by atoms with Crippen LogP contribution < -0.4 is 15.5 Å². The SMILES string of the molecule is CC(C)(C(=O)Nc1ccc(N2CCOCC2)cc1)N(Cc1ccccc1)C(=O)CN1CC(c2ccccc2)NC1=S. The average molecular weight is 572 g/mol. The molecule has 3 aromatic rings. The zero-order valence-electron chi connectivity index (χ0n) is 23.6. The van der Waals surface area contributed by atoms with E-state index in [0.717, 1.165) is 29.9 Å². The van der Waals surface area contributed by atoms with Crippen molar-refractivity contribution in [3.63, 3.8) is 0 Å². The number of hydrogen-bond acceptors (Lipinski definition) is 5. The Kier molecular flexibility index (Phi) is 8.85. The van der Waals surface area contributed by atoms with Gasteiger partial charge >= 0.3 is 0 Å². The monoisotopic (exact) mass is 571 g/mol. The first-order chi connectivity index (χ1) is 19.8. The lowest BCUT2D eigenvalue weighted by molar-refractivity contribution is -0.144. The zero-order valence-corrected chi connectivity index (χ0v) is 24.4. The van der Waals surface area contributed by atoms with Gasteiger partial charge in [0, 0.05) is 37.6 Å². The van der Waals surface area contributed by atoms with Gasteiger partial charge in [-0.05, 0) is 61.5 Å². The number of nitrogens with zero attached hydrogens (tertiary/aromatic N) is 3. The number of thiocarbonyl (C=S) groups is 1. The second-order valence-corrected chi connectivity index (χ2v) is 11.3. The lowest BCUT2D eigenvalue weighted by Crippen LogP contribution is -2.57. The Hall–Kier alpha value is -3.95. The van der Waals surface area contributed by atoms with Crippen molar-refractivity contribution in [2.24, 2.45) is 0 Å². The third kappa shape index (κ3) is 6.86. The standard InChI is InChI=1S/C32H37N5O3S/c1-32(2,30(39)33-26-13-15-27(16-14-26)35-17-19-40-20-18-35)37(21-24-9-5-3-6-10-24)29(38)23-36-22-28(34-31(36)41)25-11-7-4-8-12-25/h3-16,28H,17-23H2,1-2H3,(H,33,39)(H,34,41). The maximum absolute atomic E-state index is 13.9. The molecule has 2 fully saturated rings. The van der Waals surface area contributed by atoms with E-state index in [0.29, 0.717) is 37.1 Å². The van der Waals surface area contributed by atoms with E-state index in [2.05, 4.69) is 15.5 Å². The summed E-state index contributed by atoms with van der Waals surface area (Å²) in [6.45, 7) is 7.65. The van der Waals surface area contributed by atoms with Gasteiger partial charge in [0.2, 0.25) is 11.8 Å². The maximum Gasteiger partial charge on any atom is 0.249 e. The highest BCUT2D eigenvalue weighted by atomic mass is 32.1. The number of ether oxygens (including phenoxy) is 1. The molecule has 0 aliphatic carbocycles. The molecule has 2 N–H and O–H groups in total. The first-order valence-corrected chi connectivity index (χ1v) is 14.4. The fraction of sp³-hybridized carbons (Fsp3) is 0.344. The average Bonchev–Trinajstić information content (AvgIpc) is 3.37. The number of carbonyl (C=O) groups excluding carboxylic acids is 2. The Morgan fingerprint density at radius 2 is 1.61 bits per heavy atom. The molecule has 2 heterocycles. The zero-order chi connectivity index (χ0) is 28.8. The Balaban J connectivity index is 1.30. The van der Waals surface area contributed by atoms with Crippen molar-refractivity contribution in [1.29, 1.82) is 0 Å². The number of benzene rings is 3. The normalized spacial score (nSPS) is 17.2. The fourth-order valence-corrected chi connectivity index (χ4v) is 5.48. The van der Waals surface area contributed by atoms with E-state index in [1.165, 1.54) is 0 Å². The van der Waals surface area contributed by atoms with Crippen molar-refractivity contribution in [1.82, 2.24) is 15.1 Å². The summed E-state index contributed by atoms with van der Waals surface area (Å²) in [5.74, 6) is -0.431. The molecule has 0 bridgehead atoms. The molecule has 8 nitrogen and oxygen atoms in total. The minimum Gasteiger partial charge on any atom is -0.378 e. The van der Waals surface area contributed by atoms with Crippen LogP contribution in [0.4, 0.5) is 11.4 Å². The van der Waals surface area contributed by atoms with E-state index in [-0.39, 0.29) is 24.4 Å². The predicted octanol–water partition coefficient (Wildman–Crippen LogP) is 4.20. The van der Waals surface area contributed by atoms with Crippen molar-refractivity contribution in [2.75, 3.05) is 49.6 Å². The molecule has 2 saturated heterocycles. The van der Waals surface area contributed by atoms with Crippen molar-refractivity contribution in [2.45, 2.75) is 32.0 Å². The molecule has 2 aliphatic rings. The molecule has 0 spiro atoms. The van der Waals surface area contributed by atoms with E-state index < -0.39 is 5.54 Å². The van der Waals surface area contributed by atoms with Crippen LogP contribution in [-0.2, 0) is 20.9 Å². The summed E-state index contributed by atoms with van der Waals surface area (Å²) in [7, 11) is 0. The van der Waals surface area contributed by atoms with Crippen LogP contribution in [0.5, 0.6) is 0 Å². The highest BCUT2D eigenvalue weighted by Gasteiger charge is 2.39. The van der Waals surface area contributed by atoms with Gasteiger partial charge in [0.15, 0.2) is 5.11 Å². The molecule has 1 unspecified atom stereocenters. The summed E-state index contributed by atoms with van der Waals surface area (Å²) in [5.41, 5.74) is 2.70. The van der Waals surface area contributed by atoms with Gasteiger partial charge in [-0.2, -0.15) is 0 Å². The third-order valence-electron chi connectivity index (χ3n) is 7.73. The van der Waals surface area contributed by atoms with Gasteiger partial charge in [0.25, 0.3) is 0 Å². The van der Waals surface area contributed by atoms with Gasteiger partial charge in [-0.1, -0.05) is 60.7 Å². The molecular weight excluding hydrogens is 534 g/mol. The van der Waals surface area contributed by atoms with Crippen LogP contribution in [0.25, 0.3) is 0 Å². The van der Waals surface area contributed by atoms with Crippen LogP contribution in [0, 0.1) is 0 Å². The lowest BCUT2D eigenvalue weighted by atomic mass is 9.99. The number of carbonyl (C=O) groups is 2. The summed E-state index contributed by atoms with van der Waals surface area (Å²) in [6.07, 6.45) is 0. The summed E-state index contributed by atoms with van der Waals surface area (Å²) >= 11 is 5.60. The smallest absolute Gasteiger partial charge is 0.249 e. The van der Waals surface area contributed by atoms with Gasteiger partial charge in [0.05, 0.1) is 25.8 Å². The second kappa shape index (κ2) is 12.7. The maximum atomic E-state index is 13.9. The van der Waals surface area contributed by atoms with Gasteiger partial charge in [-0.25, -0.2) is 0 Å². The highest BCUT2D eigenvalue weighted by molar-refractivity contribution is 7.80. The van der Waals surface area contributed by atoms with Crippen molar-refractivity contribution < 1.29 is 14.3 Å². The first kappa shape index (κ1) is 28.6. The lowest BCUT2D eigenvalue weighted by Gasteiger charge is -2.38. The van der Waals surface area contributed by atoms with E-state index in [1.54, 1.807) is 18.7 Å². The Morgan fingerprint density at radius 1 is 0.976 bits per heavy atom. The molecular formula is C32H37N5O3S. The molecule has 0 saturated carbocycles. The summed E-state index contributed by atoms with van der Waals surface area (Å²) in [6, 6.07) is 27.6. The number of amides is 2. The predicted molar refractivity (Wildman–Crippen MR) is 166 cm³/mol. The van der Waals surface area contributed by atoms with Crippen LogP contribution >= 0.6 is 12.2 Å². The Bertz CT molecular complexity index is 1340. The summed E-state index contributed by atoms with van der Waals surface area (Å²) in [5, 5.41) is 6.91. The number of nitrogens with one attached hydrogen (secondary N) is 2. The van der Waals surface area contributed by atoms with Crippen molar-refractivity contribution >= 4 is 40.5 Å². The van der Waals surface area contributed by atoms with Crippen LogP contribution in [0.3, 0.4) is 0 Å². The van der Waals surface area contributed by atoms with Gasteiger partial charge in [-0.15, -0.1) is 0 Å². The van der Waals surface area contributed by atoms with Gasteiger partial charge in [0.1, 0.15) is 5.54 Å². The third-order valence-corrected chi connectivity index (χ3v) is 8.11.